The second-order valence-electron chi connectivity index (χ2n) is 13.6. The zero-order chi connectivity index (χ0) is 35.5. The maximum atomic E-state index is 13.9. The van der Waals surface area contributed by atoms with Crippen molar-refractivity contribution in [1.29, 1.82) is 0 Å². The van der Waals surface area contributed by atoms with Crippen LogP contribution in [0, 0.1) is 5.92 Å². The number of methoxy groups -OCH3 is 2. The molecule has 52 heavy (non-hydrogen) atoms. The van der Waals surface area contributed by atoms with Crippen LogP contribution in [0.15, 0.2) is 73.1 Å². The SMILES string of the molecule is COc1ccc([C@H](Cc2c(Cl)c[nH+]cc2Cl)OC(=O)c2ccc(CNC3CC(C(=O)O[C@H]4CN5CCC4CC5)(c4ccccc4)C3)s2)cc1OC.[OH-]. The molecule has 3 N–H and O–H groups in total. The monoisotopic (exact) mass is 767 g/mol. The van der Waals surface area contributed by atoms with E-state index >= 15 is 0 Å². The normalized spacial score (nSPS) is 23.8. The van der Waals surface area contributed by atoms with Gasteiger partial charge in [-0.1, -0.05) is 59.6 Å². The largest absolute Gasteiger partial charge is 0.870 e. The van der Waals surface area contributed by atoms with Crippen molar-refractivity contribution in [2.75, 3.05) is 33.9 Å². The molecule has 3 aliphatic heterocycles. The molecule has 13 heteroatoms. The van der Waals surface area contributed by atoms with Crippen molar-refractivity contribution in [1.82, 2.24) is 10.2 Å². The molecule has 276 valence electrons. The number of fused-ring (bicyclic) bond motifs is 3. The third-order valence-corrected chi connectivity index (χ3v) is 12.3. The molecule has 1 saturated carbocycles. The van der Waals surface area contributed by atoms with Crippen LogP contribution >= 0.6 is 34.5 Å². The first-order valence-corrected chi connectivity index (χ1v) is 18.9. The van der Waals surface area contributed by atoms with E-state index in [0.717, 1.165) is 42.9 Å². The molecule has 2 atom stereocenters. The van der Waals surface area contributed by atoms with Crippen molar-refractivity contribution in [3.63, 3.8) is 0 Å². The van der Waals surface area contributed by atoms with E-state index in [0.29, 0.717) is 62.9 Å². The summed E-state index contributed by atoms with van der Waals surface area (Å²) >= 11 is 14.4. The molecule has 4 aromatic rings. The van der Waals surface area contributed by atoms with E-state index in [1.54, 1.807) is 44.8 Å². The number of benzene rings is 2. The Morgan fingerprint density at radius 1 is 0.981 bits per heavy atom. The number of piperidine rings is 3. The smallest absolute Gasteiger partial charge is 0.348 e. The summed E-state index contributed by atoms with van der Waals surface area (Å²) < 4.78 is 23.3. The Morgan fingerprint density at radius 3 is 2.35 bits per heavy atom. The highest BCUT2D eigenvalue weighted by Crippen LogP contribution is 2.46. The number of thiophene rings is 1. The van der Waals surface area contributed by atoms with Gasteiger partial charge in [0.2, 0.25) is 0 Å². The van der Waals surface area contributed by atoms with Crippen LogP contribution in [-0.4, -0.2) is 68.3 Å². The number of H-pyrrole nitrogens is 1. The summed E-state index contributed by atoms with van der Waals surface area (Å²) in [6.07, 6.45) is 6.32. The van der Waals surface area contributed by atoms with E-state index in [4.69, 9.17) is 42.1 Å². The maximum Gasteiger partial charge on any atom is 0.348 e. The molecule has 4 aliphatic rings. The van der Waals surface area contributed by atoms with Crippen LogP contribution in [0.25, 0.3) is 0 Å². The number of hydrogen-bond donors (Lipinski definition) is 1. The Labute approximate surface area is 317 Å². The summed E-state index contributed by atoms with van der Waals surface area (Å²) in [6, 6.07) is 19.3. The van der Waals surface area contributed by atoms with Crippen molar-refractivity contribution in [2.45, 2.75) is 62.3 Å². The third kappa shape index (κ3) is 7.95. The zero-order valence-electron chi connectivity index (χ0n) is 29.1. The van der Waals surface area contributed by atoms with Gasteiger partial charge in [-0.25, -0.2) is 9.78 Å². The van der Waals surface area contributed by atoms with E-state index in [-0.39, 0.29) is 30.0 Å². The highest BCUT2D eigenvalue weighted by atomic mass is 35.5. The average Bonchev–Trinajstić information content (AvgIpc) is 3.62. The number of carbonyl (C=O) groups excluding carboxylic acids is 2. The lowest BCUT2D eigenvalue weighted by molar-refractivity contribution is -0.377. The van der Waals surface area contributed by atoms with Gasteiger partial charge in [0, 0.05) is 36.0 Å². The van der Waals surface area contributed by atoms with Gasteiger partial charge in [-0.3, -0.25) is 9.69 Å². The van der Waals surface area contributed by atoms with Gasteiger partial charge in [0.15, 0.2) is 23.9 Å². The molecule has 5 heterocycles. The van der Waals surface area contributed by atoms with Crippen molar-refractivity contribution < 1.29 is 39.0 Å². The summed E-state index contributed by atoms with van der Waals surface area (Å²) in [5, 5.41) is 4.49. The van der Waals surface area contributed by atoms with Crippen LogP contribution in [0.4, 0.5) is 0 Å². The van der Waals surface area contributed by atoms with Crippen molar-refractivity contribution in [3.8, 4) is 11.5 Å². The molecule has 2 aromatic heterocycles. The Morgan fingerprint density at radius 2 is 1.69 bits per heavy atom. The van der Waals surface area contributed by atoms with Crippen molar-refractivity contribution in [3.05, 3.63) is 110 Å². The molecular weight excluding hydrogens is 725 g/mol. The zero-order valence-corrected chi connectivity index (χ0v) is 31.4. The van der Waals surface area contributed by atoms with Gasteiger partial charge in [0.05, 0.1) is 19.6 Å². The topological polar surface area (TPSA) is 130 Å². The van der Waals surface area contributed by atoms with Gasteiger partial charge in [-0.05, 0) is 80.1 Å². The lowest BCUT2D eigenvalue weighted by Gasteiger charge is -2.49. The van der Waals surface area contributed by atoms with E-state index in [9.17, 15) is 9.59 Å². The molecule has 4 fully saturated rings. The minimum Gasteiger partial charge on any atom is -0.870 e. The lowest BCUT2D eigenvalue weighted by Crippen LogP contribution is -2.59. The molecule has 8 rings (SSSR count). The first-order chi connectivity index (χ1) is 24.8. The van der Waals surface area contributed by atoms with Gasteiger partial charge in [0.25, 0.3) is 0 Å². The Hall–Kier alpha value is -3.71. The molecule has 1 aliphatic carbocycles. The van der Waals surface area contributed by atoms with Crippen LogP contribution in [0.1, 0.15) is 63.0 Å². The molecule has 2 aromatic carbocycles. The minimum atomic E-state index is -0.708. The Bertz CT molecular complexity index is 1840. The molecule has 10 nitrogen and oxygen atoms in total. The van der Waals surface area contributed by atoms with Gasteiger partial charge >= 0.3 is 11.9 Å². The number of carbonyl (C=O) groups is 2. The summed E-state index contributed by atoms with van der Waals surface area (Å²) in [4.78, 5) is 34.2. The van der Waals surface area contributed by atoms with Crippen LogP contribution < -0.4 is 19.8 Å². The number of ether oxygens (including phenoxy) is 4. The molecular formula is C39H43Cl2N3O7S. The number of nitrogens with one attached hydrogen (secondary N) is 2. The fraction of sp³-hybridized carbons (Fsp3) is 0.410. The van der Waals surface area contributed by atoms with Crippen LogP contribution in [-0.2, 0) is 32.6 Å². The number of pyridine rings is 1. The molecule has 0 amide bonds. The number of aromatic nitrogens is 1. The molecule has 0 radical (unpaired) electrons. The summed E-state index contributed by atoms with van der Waals surface area (Å²) in [6.45, 7) is 3.61. The number of hydrogen-bond acceptors (Lipinski definition) is 10. The number of nitrogens with zero attached hydrogens (tertiary/aromatic N) is 1. The molecule has 3 saturated heterocycles. The second-order valence-corrected chi connectivity index (χ2v) is 15.6. The average molecular weight is 769 g/mol. The highest BCUT2D eigenvalue weighted by Gasteiger charge is 2.53. The van der Waals surface area contributed by atoms with Gasteiger partial charge in [-0.2, -0.15) is 0 Å². The van der Waals surface area contributed by atoms with E-state index < -0.39 is 17.5 Å². The summed E-state index contributed by atoms with van der Waals surface area (Å²) in [5.41, 5.74) is 1.71. The Kier molecular flexibility index (Phi) is 12.1. The lowest BCUT2D eigenvalue weighted by atomic mass is 9.61. The number of aromatic amines is 1. The number of rotatable bonds is 13. The number of esters is 2. The fourth-order valence-corrected chi connectivity index (χ4v) is 9.02. The maximum absolute atomic E-state index is 13.9. The molecule has 2 bridgehead atoms. The third-order valence-electron chi connectivity index (χ3n) is 10.6. The minimum absolute atomic E-state index is 0. The van der Waals surface area contributed by atoms with Gasteiger partial charge in [0.1, 0.15) is 27.1 Å². The second kappa shape index (κ2) is 16.5. The standard InChI is InChI=1S/C39H41Cl2N3O6S.H2O/c1-47-32-10-8-25(16-34(32)48-2)33(17-29-30(40)21-42-22-31(29)41)49-37(45)36-11-9-28(51-36)20-43-27-18-39(19-27,26-6-4-3-5-7-26)38(46)50-35-23-44-14-12-24(35)13-15-44;/h3-11,16,21-22,24,27,33,35,43H,12-15,17-20,23H2,1-2H3;1H2/t27?,33-,35-,39?;/m0./s1. The van der Waals surface area contributed by atoms with Crippen LogP contribution in [0.5, 0.6) is 11.5 Å². The fourth-order valence-electron chi connectivity index (χ4n) is 7.65. The molecule has 0 unspecified atom stereocenters. The van der Waals surface area contributed by atoms with E-state index in [1.165, 1.54) is 11.3 Å². The molecule has 0 spiro atoms. The van der Waals surface area contributed by atoms with E-state index in [1.807, 2.05) is 42.5 Å². The first kappa shape index (κ1) is 38.0. The quantitative estimate of drug-likeness (QED) is 0.148. The van der Waals surface area contributed by atoms with E-state index in [2.05, 4.69) is 15.2 Å². The van der Waals surface area contributed by atoms with Gasteiger partial charge in [-0.15, -0.1) is 11.3 Å². The summed E-state index contributed by atoms with van der Waals surface area (Å²) in [7, 11) is 3.12. The van der Waals surface area contributed by atoms with Crippen molar-refractivity contribution in [2.24, 2.45) is 5.92 Å². The predicted molar refractivity (Wildman–Crippen MR) is 198 cm³/mol. The van der Waals surface area contributed by atoms with Crippen LogP contribution in [0.3, 0.4) is 0 Å². The highest BCUT2D eigenvalue weighted by molar-refractivity contribution is 7.13. The Balaban J connectivity index is 0.00000464. The van der Waals surface area contributed by atoms with Crippen molar-refractivity contribution >= 4 is 46.5 Å². The van der Waals surface area contributed by atoms with Gasteiger partial charge < -0.3 is 29.7 Å². The summed E-state index contributed by atoms with van der Waals surface area (Å²) in [5.74, 6) is 0.974. The first-order valence-electron chi connectivity index (χ1n) is 17.3. The predicted octanol–water partition coefficient (Wildman–Crippen LogP) is 6.68. The van der Waals surface area contributed by atoms with Crippen LogP contribution in [0.2, 0.25) is 10.0 Å². The number of halogens is 2.